The fraction of sp³-hybridized carbons (Fsp3) is 0.476. The number of aliphatic carboxylic acids is 2. The molecule has 1 rings (SSSR count). The molecule has 0 aliphatic rings. The van der Waals surface area contributed by atoms with Crippen molar-refractivity contribution in [1.82, 2.24) is 16.0 Å². The maximum atomic E-state index is 12.7. The molecule has 0 bridgehead atoms. The van der Waals surface area contributed by atoms with Gasteiger partial charge in [-0.05, 0) is 24.8 Å². The van der Waals surface area contributed by atoms with E-state index in [0.717, 1.165) is 5.56 Å². The van der Waals surface area contributed by atoms with Gasteiger partial charge in [-0.1, -0.05) is 44.2 Å². The smallest absolute Gasteiger partial charge is 0.325 e. The fourth-order valence-corrected chi connectivity index (χ4v) is 2.78. The molecular weight excluding hydrogens is 420 g/mol. The average Bonchev–Trinajstić information content (AvgIpc) is 2.71. The molecule has 0 fully saturated rings. The van der Waals surface area contributed by atoms with Crippen LogP contribution in [0.5, 0.6) is 0 Å². The van der Waals surface area contributed by atoms with E-state index in [1.807, 2.05) is 0 Å². The molecule has 0 aliphatic carbocycles. The Morgan fingerprint density at radius 3 is 1.97 bits per heavy atom. The first-order valence-corrected chi connectivity index (χ1v) is 10.1. The van der Waals surface area contributed by atoms with E-state index in [-0.39, 0.29) is 6.42 Å². The zero-order chi connectivity index (χ0) is 24.4. The van der Waals surface area contributed by atoms with Crippen molar-refractivity contribution in [3.63, 3.8) is 0 Å². The molecule has 7 N–H and O–H groups in total. The highest BCUT2D eigenvalue weighted by Gasteiger charge is 2.32. The summed E-state index contributed by atoms with van der Waals surface area (Å²) < 4.78 is 0. The molecule has 0 aliphatic heterocycles. The number of carbonyl (C=O) groups is 5. The lowest BCUT2D eigenvalue weighted by molar-refractivity contribution is -0.143. The highest BCUT2D eigenvalue weighted by Crippen LogP contribution is 2.06. The van der Waals surface area contributed by atoms with Gasteiger partial charge in [0.05, 0.1) is 12.5 Å². The summed E-state index contributed by atoms with van der Waals surface area (Å²) in [6, 6.07) is 4.08. The molecule has 4 unspecified atom stereocenters. The quantitative estimate of drug-likeness (QED) is 0.240. The molecule has 0 radical (unpaired) electrons. The zero-order valence-corrected chi connectivity index (χ0v) is 18.2. The third-order valence-corrected chi connectivity index (χ3v) is 4.62. The molecule has 3 amide bonds. The van der Waals surface area contributed by atoms with Gasteiger partial charge in [-0.15, -0.1) is 0 Å². The summed E-state index contributed by atoms with van der Waals surface area (Å²) in [4.78, 5) is 59.8. The predicted molar refractivity (Wildman–Crippen MR) is 114 cm³/mol. The number of carboxylic acids is 2. The molecule has 0 aromatic heterocycles. The lowest BCUT2D eigenvalue weighted by atomic mass is 10.0. The van der Waals surface area contributed by atoms with E-state index in [0.29, 0.717) is 0 Å². The van der Waals surface area contributed by atoms with E-state index in [9.17, 15) is 24.0 Å². The standard InChI is InChI=1S/C21H30N4O7/c1-11(2)17(20(30)23-12(3)21(31)32)25-19(29)15(10-16(26)27)24-18(28)14(22)9-13-7-5-4-6-8-13/h4-8,11-12,14-15,17H,9-10,22H2,1-3H3,(H,23,30)(H,24,28)(H,25,29)(H,26,27)(H,31,32). The number of carbonyl (C=O) groups excluding carboxylic acids is 3. The maximum absolute atomic E-state index is 12.7. The summed E-state index contributed by atoms with van der Waals surface area (Å²) in [5.74, 6) is -5.40. The number of nitrogens with one attached hydrogen (secondary N) is 3. The van der Waals surface area contributed by atoms with Crippen molar-refractivity contribution < 1.29 is 34.2 Å². The molecule has 0 spiro atoms. The number of amides is 3. The van der Waals surface area contributed by atoms with Crippen molar-refractivity contribution in [1.29, 1.82) is 0 Å². The van der Waals surface area contributed by atoms with Crippen molar-refractivity contribution in [2.24, 2.45) is 11.7 Å². The summed E-state index contributed by atoms with van der Waals surface area (Å²) in [6.45, 7) is 4.51. The molecule has 176 valence electrons. The van der Waals surface area contributed by atoms with Gasteiger partial charge in [-0.2, -0.15) is 0 Å². The Morgan fingerprint density at radius 2 is 1.47 bits per heavy atom. The van der Waals surface area contributed by atoms with E-state index < -0.39 is 66.2 Å². The Bertz CT molecular complexity index is 829. The van der Waals surface area contributed by atoms with Gasteiger partial charge in [0.25, 0.3) is 0 Å². The van der Waals surface area contributed by atoms with Gasteiger partial charge in [0.1, 0.15) is 18.1 Å². The second-order valence-electron chi connectivity index (χ2n) is 7.75. The van der Waals surface area contributed by atoms with E-state index in [4.69, 9.17) is 15.9 Å². The van der Waals surface area contributed by atoms with Crippen LogP contribution >= 0.6 is 0 Å². The van der Waals surface area contributed by atoms with Crippen molar-refractivity contribution in [2.45, 2.75) is 57.8 Å². The van der Waals surface area contributed by atoms with Gasteiger partial charge in [0.2, 0.25) is 17.7 Å². The molecule has 0 saturated heterocycles. The van der Waals surface area contributed by atoms with Crippen molar-refractivity contribution in [2.75, 3.05) is 0 Å². The van der Waals surface area contributed by atoms with Gasteiger partial charge >= 0.3 is 11.9 Å². The normalized spacial score (nSPS) is 14.5. The molecule has 1 aromatic rings. The van der Waals surface area contributed by atoms with Gasteiger partial charge in [-0.3, -0.25) is 24.0 Å². The Labute approximate surface area is 185 Å². The Kier molecular flexibility index (Phi) is 10.3. The molecule has 32 heavy (non-hydrogen) atoms. The summed E-state index contributed by atoms with van der Waals surface area (Å²) in [5, 5.41) is 25.1. The number of carboxylic acid groups (broad SMARTS) is 2. The van der Waals surface area contributed by atoms with Crippen LogP contribution in [0.3, 0.4) is 0 Å². The minimum absolute atomic E-state index is 0.179. The predicted octanol–water partition coefficient (Wildman–Crippen LogP) is -0.754. The number of benzene rings is 1. The first-order valence-electron chi connectivity index (χ1n) is 10.1. The Balaban J connectivity index is 2.88. The number of nitrogens with two attached hydrogens (primary N) is 1. The molecule has 11 heteroatoms. The second kappa shape index (κ2) is 12.4. The monoisotopic (exact) mass is 450 g/mol. The molecule has 11 nitrogen and oxygen atoms in total. The van der Waals surface area contributed by atoms with Crippen LogP contribution in [0.1, 0.15) is 32.8 Å². The van der Waals surface area contributed by atoms with Crippen LogP contribution in [0.4, 0.5) is 0 Å². The highest BCUT2D eigenvalue weighted by atomic mass is 16.4. The van der Waals surface area contributed by atoms with Gasteiger partial charge in [-0.25, -0.2) is 0 Å². The van der Waals surface area contributed by atoms with E-state index in [1.165, 1.54) is 6.92 Å². The minimum atomic E-state index is -1.48. The highest BCUT2D eigenvalue weighted by molar-refractivity contribution is 5.95. The number of hydrogen-bond acceptors (Lipinski definition) is 6. The van der Waals surface area contributed by atoms with E-state index >= 15 is 0 Å². The van der Waals surface area contributed by atoms with Crippen LogP contribution in [0.15, 0.2) is 30.3 Å². The summed E-state index contributed by atoms with van der Waals surface area (Å²) >= 11 is 0. The molecule has 0 heterocycles. The Hall–Kier alpha value is -3.47. The van der Waals surface area contributed by atoms with Crippen LogP contribution in [-0.4, -0.2) is 64.0 Å². The third-order valence-electron chi connectivity index (χ3n) is 4.62. The number of hydrogen-bond donors (Lipinski definition) is 6. The fourth-order valence-electron chi connectivity index (χ4n) is 2.78. The van der Waals surface area contributed by atoms with Crippen LogP contribution in [0.25, 0.3) is 0 Å². The third kappa shape index (κ3) is 8.72. The minimum Gasteiger partial charge on any atom is -0.481 e. The van der Waals surface area contributed by atoms with Gasteiger partial charge < -0.3 is 31.9 Å². The van der Waals surface area contributed by atoms with E-state index in [1.54, 1.807) is 44.2 Å². The van der Waals surface area contributed by atoms with Crippen molar-refractivity contribution in [3.05, 3.63) is 35.9 Å². The van der Waals surface area contributed by atoms with Crippen LogP contribution in [-0.2, 0) is 30.4 Å². The molecule has 4 atom stereocenters. The maximum Gasteiger partial charge on any atom is 0.325 e. The first kappa shape index (κ1) is 26.6. The van der Waals surface area contributed by atoms with Crippen LogP contribution in [0.2, 0.25) is 0 Å². The molecular formula is C21H30N4O7. The van der Waals surface area contributed by atoms with Gasteiger partial charge in [0.15, 0.2) is 0 Å². The average molecular weight is 450 g/mol. The summed E-state index contributed by atoms with van der Waals surface area (Å²) in [5.41, 5.74) is 6.69. The topological polar surface area (TPSA) is 188 Å². The van der Waals surface area contributed by atoms with E-state index in [2.05, 4.69) is 16.0 Å². The lowest BCUT2D eigenvalue weighted by Gasteiger charge is -2.26. The van der Waals surface area contributed by atoms with Crippen molar-refractivity contribution in [3.8, 4) is 0 Å². The second-order valence-corrected chi connectivity index (χ2v) is 7.75. The molecule has 0 saturated carbocycles. The lowest BCUT2D eigenvalue weighted by Crippen LogP contribution is -2.58. The SMILES string of the molecule is CC(NC(=O)C(NC(=O)C(CC(=O)O)NC(=O)C(N)Cc1ccccc1)C(C)C)C(=O)O. The molecule has 1 aromatic carbocycles. The summed E-state index contributed by atoms with van der Waals surface area (Å²) in [6.07, 6.45) is -0.550. The largest absolute Gasteiger partial charge is 0.481 e. The first-order chi connectivity index (χ1) is 14.9. The van der Waals surface area contributed by atoms with Crippen LogP contribution in [0, 0.1) is 5.92 Å². The summed E-state index contributed by atoms with van der Waals surface area (Å²) in [7, 11) is 0. The number of rotatable bonds is 12. The van der Waals surface area contributed by atoms with Crippen LogP contribution < -0.4 is 21.7 Å². The van der Waals surface area contributed by atoms with Gasteiger partial charge in [0, 0.05) is 0 Å². The zero-order valence-electron chi connectivity index (χ0n) is 18.2. The van der Waals surface area contributed by atoms with Crippen molar-refractivity contribution >= 4 is 29.7 Å². The Morgan fingerprint density at radius 1 is 0.875 bits per heavy atom.